The molecule has 0 aliphatic carbocycles. The lowest BCUT2D eigenvalue weighted by Gasteiger charge is -2.05. The van der Waals surface area contributed by atoms with E-state index in [1.165, 1.54) is 11.3 Å². The van der Waals surface area contributed by atoms with E-state index in [9.17, 15) is 10.1 Å². The summed E-state index contributed by atoms with van der Waals surface area (Å²) >= 11 is 1.28. The molecule has 5 rings (SSSR count). The fourth-order valence-electron chi connectivity index (χ4n) is 3.25. The number of anilines is 1. The van der Waals surface area contributed by atoms with Crippen molar-refractivity contribution >= 4 is 50.0 Å². The molecular weight excluding hydrogens is 384 g/mol. The second-order valence-corrected chi connectivity index (χ2v) is 7.19. The number of thiophene rings is 1. The number of aromatic nitrogens is 3. The summed E-state index contributed by atoms with van der Waals surface area (Å²) in [7, 11) is 0. The van der Waals surface area contributed by atoms with E-state index < -0.39 is 0 Å². The molecule has 5 aromatic rings. The van der Waals surface area contributed by atoms with Crippen LogP contribution < -0.4 is 5.32 Å². The quantitative estimate of drug-likeness (QED) is 0.485. The Bertz CT molecular complexity index is 1530. The highest BCUT2D eigenvalue weighted by molar-refractivity contribution is 7.14. The first-order valence-electron chi connectivity index (χ1n) is 8.59. The Labute approximate surface area is 168 Å². The van der Waals surface area contributed by atoms with E-state index in [2.05, 4.69) is 21.4 Å². The molecule has 0 saturated carbocycles. The van der Waals surface area contributed by atoms with Crippen LogP contribution >= 0.6 is 11.3 Å². The first-order chi connectivity index (χ1) is 14.2. The molecule has 0 unspecified atom stereocenters. The number of fused-ring (bicyclic) bond motifs is 4. The van der Waals surface area contributed by atoms with Crippen molar-refractivity contribution in [2.75, 3.05) is 5.32 Å². The number of para-hydroxylation sites is 2. The average molecular weight is 394 g/mol. The molecule has 1 amide bonds. The van der Waals surface area contributed by atoms with Crippen molar-refractivity contribution in [3.63, 3.8) is 0 Å². The maximum atomic E-state index is 12.7. The molecular formula is C21H10N6OS. The van der Waals surface area contributed by atoms with Crippen molar-refractivity contribution in [1.82, 2.24) is 14.4 Å². The first kappa shape index (κ1) is 16.9. The Morgan fingerprint density at radius 2 is 1.86 bits per heavy atom. The Morgan fingerprint density at radius 1 is 1.07 bits per heavy atom. The Morgan fingerprint density at radius 3 is 2.62 bits per heavy atom. The molecule has 0 fully saturated rings. The highest BCUT2D eigenvalue weighted by atomic mass is 32.1. The molecule has 0 aliphatic heterocycles. The van der Waals surface area contributed by atoms with Gasteiger partial charge in [-0.15, -0.1) is 11.3 Å². The Balaban J connectivity index is 1.67. The summed E-state index contributed by atoms with van der Waals surface area (Å²) in [6, 6.07) is 16.6. The van der Waals surface area contributed by atoms with Gasteiger partial charge >= 0.3 is 0 Å². The zero-order chi connectivity index (χ0) is 20.0. The van der Waals surface area contributed by atoms with Gasteiger partial charge in [0.05, 0.1) is 22.1 Å². The molecule has 0 aliphatic rings. The van der Waals surface area contributed by atoms with Gasteiger partial charge in [0, 0.05) is 11.8 Å². The highest BCUT2D eigenvalue weighted by Gasteiger charge is 2.18. The number of nitrogens with one attached hydrogen (secondary N) is 1. The van der Waals surface area contributed by atoms with Crippen LogP contribution in [-0.2, 0) is 0 Å². The number of nitrogens with zero attached hydrogens (tertiary/aromatic N) is 5. The first-order valence-corrected chi connectivity index (χ1v) is 9.47. The molecule has 0 saturated heterocycles. The maximum absolute atomic E-state index is 12.7. The lowest BCUT2D eigenvalue weighted by molar-refractivity contribution is 0.102. The van der Waals surface area contributed by atoms with E-state index in [4.69, 9.17) is 5.26 Å². The summed E-state index contributed by atoms with van der Waals surface area (Å²) in [4.78, 5) is 21.9. The van der Waals surface area contributed by atoms with Crippen molar-refractivity contribution in [2.24, 2.45) is 0 Å². The van der Waals surface area contributed by atoms with Gasteiger partial charge in [0.1, 0.15) is 28.2 Å². The molecule has 7 nitrogen and oxygen atoms in total. The van der Waals surface area contributed by atoms with Crippen LogP contribution in [0.4, 0.5) is 5.00 Å². The second kappa shape index (κ2) is 6.41. The molecule has 136 valence electrons. The third-order valence-electron chi connectivity index (χ3n) is 4.61. The molecule has 0 bridgehead atoms. The number of amides is 1. The SMILES string of the molecule is N#Cc1ccsc1NC(=O)c1ccn2c(c1)c(C#N)c1nc3ccccc3nc12. The zero-order valence-corrected chi connectivity index (χ0v) is 15.6. The smallest absolute Gasteiger partial charge is 0.256 e. The number of rotatable bonds is 2. The molecule has 0 atom stereocenters. The molecule has 8 heteroatoms. The maximum Gasteiger partial charge on any atom is 0.256 e. The van der Waals surface area contributed by atoms with Crippen molar-refractivity contribution in [3.8, 4) is 12.1 Å². The Kier molecular flexibility index (Phi) is 3.73. The van der Waals surface area contributed by atoms with E-state index in [-0.39, 0.29) is 5.91 Å². The molecule has 0 spiro atoms. The fourth-order valence-corrected chi connectivity index (χ4v) is 3.98. The third-order valence-corrected chi connectivity index (χ3v) is 5.44. The van der Waals surface area contributed by atoms with Crippen molar-refractivity contribution in [3.05, 3.63) is 70.7 Å². The molecule has 4 aromatic heterocycles. The number of pyridine rings is 1. The largest absolute Gasteiger partial charge is 0.312 e. The van der Waals surface area contributed by atoms with Crippen molar-refractivity contribution in [2.45, 2.75) is 0 Å². The van der Waals surface area contributed by atoms with Gasteiger partial charge in [-0.1, -0.05) is 12.1 Å². The third kappa shape index (κ3) is 2.59. The predicted octanol–water partition coefficient (Wildman–Crippen LogP) is 4.09. The molecule has 1 aromatic carbocycles. The van der Waals surface area contributed by atoms with Crippen LogP contribution in [0.1, 0.15) is 21.5 Å². The van der Waals surface area contributed by atoms with Crippen LogP contribution in [0.5, 0.6) is 0 Å². The van der Waals surface area contributed by atoms with Gasteiger partial charge in [-0.05, 0) is 35.7 Å². The van der Waals surface area contributed by atoms with Crippen molar-refractivity contribution < 1.29 is 4.79 Å². The monoisotopic (exact) mass is 394 g/mol. The molecule has 1 N–H and O–H groups in total. The van der Waals surface area contributed by atoms with Gasteiger partial charge in [0.2, 0.25) is 0 Å². The minimum absolute atomic E-state index is 0.355. The molecule has 29 heavy (non-hydrogen) atoms. The summed E-state index contributed by atoms with van der Waals surface area (Å²) in [5, 5.41) is 23.8. The summed E-state index contributed by atoms with van der Waals surface area (Å²) in [6.07, 6.45) is 1.70. The fraction of sp³-hybridized carbons (Fsp3) is 0. The van der Waals surface area contributed by atoms with Gasteiger partial charge < -0.3 is 5.32 Å². The number of hydrogen-bond acceptors (Lipinski definition) is 6. The normalized spacial score (nSPS) is 10.8. The van der Waals surface area contributed by atoms with Gasteiger partial charge in [-0.25, -0.2) is 9.97 Å². The van der Waals surface area contributed by atoms with Gasteiger partial charge in [0.15, 0.2) is 5.65 Å². The van der Waals surface area contributed by atoms with E-state index >= 15 is 0 Å². The predicted molar refractivity (Wildman–Crippen MR) is 110 cm³/mol. The van der Waals surface area contributed by atoms with Crippen molar-refractivity contribution in [1.29, 1.82) is 10.5 Å². The van der Waals surface area contributed by atoms with E-state index in [0.717, 1.165) is 5.52 Å². The second-order valence-electron chi connectivity index (χ2n) is 6.27. The number of carbonyl (C=O) groups excluding carboxylic acids is 1. The molecule has 0 radical (unpaired) electrons. The minimum Gasteiger partial charge on any atom is -0.312 e. The van der Waals surface area contributed by atoms with Crippen LogP contribution in [0.3, 0.4) is 0 Å². The van der Waals surface area contributed by atoms with Crippen LogP contribution in [0.2, 0.25) is 0 Å². The number of nitriles is 2. The van der Waals surface area contributed by atoms with Crippen LogP contribution in [0.25, 0.3) is 27.7 Å². The summed E-state index contributed by atoms with van der Waals surface area (Å²) < 4.78 is 1.76. The highest BCUT2D eigenvalue weighted by Crippen LogP contribution is 2.27. The van der Waals surface area contributed by atoms with E-state index in [1.807, 2.05) is 30.3 Å². The molecule has 4 heterocycles. The Hall–Kier alpha value is -4.27. The van der Waals surface area contributed by atoms with E-state index in [0.29, 0.717) is 43.9 Å². The standard InChI is InChI=1S/C21H10N6OS/c22-10-13-6-8-29-21(13)26-20(28)12-5-7-27-17(9-12)14(11-23)18-19(27)25-16-4-2-1-3-15(16)24-18/h1-9H,(H,26,28). The van der Waals surface area contributed by atoms with E-state index in [1.54, 1.807) is 34.2 Å². The van der Waals surface area contributed by atoms with Crippen LogP contribution in [0, 0.1) is 22.7 Å². The minimum atomic E-state index is -0.355. The average Bonchev–Trinajstić information content (AvgIpc) is 3.32. The van der Waals surface area contributed by atoms with Crippen LogP contribution in [0.15, 0.2) is 54.0 Å². The summed E-state index contributed by atoms with van der Waals surface area (Å²) in [5.41, 5.74) is 4.19. The van der Waals surface area contributed by atoms with Gasteiger partial charge in [-0.3, -0.25) is 9.20 Å². The summed E-state index contributed by atoms with van der Waals surface area (Å²) in [6.45, 7) is 0. The lowest BCUT2D eigenvalue weighted by atomic mass is 10.2. The van der Waals surface area contributed by atoms with Crippen LogP contribution in [-0.4, -0.2) is 20.3 Å². The number of benzene rings is 1. The van der Waals surface area contributed by atoms with Gasteiger partial charge in [0.25, 0.3) is 5.91 Å². The number of hydrogen-bond donors (Lipinski definition) is 1. The van der Waals surface area contributed by atoms with Gasteiger partial charge in [-0.2, -0.15) is 10.5 Å². The number of carbonyl (C=O) groups is 1. The topological polar surface area (TPSA) is 107 Å². The summed E-state index contributed by atoms with van der Waals surface area (Å²) in [5.74, 6) is -0.355. The lowest BCUT2D eigenvalue weighted by Crippen LogP contribution is -2.12. The zero-order valence-electron chi connectivity index (χ0n) is 14.7.